The Bertz CT molecular complexity index is 839. The van der Waals surface area contributed by atoms with Gasteiger partial charge in [-0.3, -0.25) is 4.98 Å². The highest BCUT2D eigenvalue weighted by atomic mass is 19.4. The Morgan fingerprint density at radius 2 is 1.66 bits per heavy atom. The van der Waals surface area contributed by atoms with Crippen LogP contribution in [-0.4, -0.2) is 40.3 Å². The molecule has 0 aliphatic carbocycles. The third-order valence-electron chi connectivity index (χ3n) is 4.01. The number of nitrogens with zero attached hydrogens (tertiary/aromatic N) is 3. The van der Waals surface area contributed by atoms with Crippen molar-refractivity contribution in [3.05, 3.63) is 47.9 Å². The molecule has 0 saturated heterocycles. The van der Waals surface area contributed by atoms with Gasteiger partial charge >= 0.3 is 18.3 Å². The van der Waals surface area contributed by atoms with E-state index >= 15 is 0 Å². The summed E-state index contributed by atoms with van der Waals surface area (Å²) in [5, 5.41) is 7.12. The molecule has 1 atom stereocenters. The minimum absolute atomic E-state index is 0.200. The third kappa shape index (κ3) is 5.79. The van der Waals surface area contributed by atoms with E-state index < -0.39 is 23.9 Å². The number of hydrogen-bond acceptors (Lipinski definition) is 5. The van der Waals surface area contributed by atoms with Crippen LogP contribution in [0.5, 0.6) is 0 Å². The zero-order valence-electron chi connectivity index (χ0n) is 14.7. The van der Waals surface area contributed by atoms with Crippen molar-refractivity contribution in [3.8, 4) is 0 Å². The summed E-state index contributed by atoms with van der Waals surface area (Å²) < 4.78 is 69.7. The van der Waals surface area contributed by atoms with Gasteiger partial charge in [0, 0.05) is 24.6 Å². The number of carboxylic acids is 1. The first-order chi connectivity index (χ1) is 13.4. The summed E-state index contributed by atoms with van der Waals surface area (Å²) in [7, 11) is 0. The first-order valence-electron chi connectivity index (χ1n) is 8.18. The van der Waals surface area contributed by atoms with Gasteiger partial charge in [0.05, 0.1) is 11.3 Å². The second kappa shape index (κ2) is 8.64. The first kappa shape index (κ1) is 22.4. The summed E-state index contributed by atoms with van der Waals surface area (Å²) in [4.78, 5) is 19.4. The van der Waals surface area contributed by atoms with E-state index in [9.17, 15) is 26.3 Å². The average molecular weight is 422 g/mol. The summed E-state index contributed by atoms with van der Waals surface area (Å²) in [5.41, 5.74) is 6.58. The summed E-state index contributed by atoms with van der Waals surface area (Å²) in [6, 6.07) is 5.08. The number of halogens is 6. The van der Waals surface area contributed by atoms with Crippen LogP contribution in [0, 0.1) is 5.92 Å². The molecule has 1 aliphatic rings. The van der Waals surface area contributed by atoms with Gasteiger partial charge in [-0.25, -0.2) is 9.78 Å². The molecule has 0 amide bonds. The Morgan fingerprint density at radius 1 is 1.10 bits per heavy atom. The van der Waals surface area contributed by atoms with Crippen molar-refractivity contribution in [3.63, 3.8) is 0 Å². The van der Waals surface area contributed by atoms with Crippen molar-refractivity contribution in [1.29, 1.82) is 0 Å². The molecule has 158 valence electrons. The average Bonchev–Trinajstić information content (AvgIpc) is 2.66. The molecule has 0 saturated carbocycles. The number of nitrogens with two attached hydrogens (primary N) is 1. The Labute approximate surface area is 161 Å². The molecule has 0 fully saturated rings. The number of alkyl halides is 6. The second-order valence-corrected chi connectivity index (χ2v) is 6.09. The van der Waals surface area contributed by atoms with Gasteiger partial charge in [-0.15, -0.1) is 0 Å². The maximum Gasteiger partial charge on any atom is 0.490 e. The predicted octanol–water partition coefficient (Wildman–Crippen LogP) is 3.40. The summed E-state index contributed by atoms with van der Waals surface area (Å²) in [6.45, 7) is 1.11. The lowest BCUT2D eigenvalue weighted by atomic mass is 9.97. The van der Waals surface area contributed by atoms with E-state index in [0.29, 0.717) is 24.6 Å². The van der Waals surface area contributed by atoms with E-state index in [1.165, 1.54) is 12.1 Å². The number of aromatic nitrogens is 2. The van der Waals surface area contributed by atoms with Crippen LogP contribution in [0.15, 0.2) is 36.7 Å². The number of aliphatic carboxylic acids is 1. The Balaban J connectivity index is 0.000000370. The number of rotatable bonds is 2. The van der Waals surface area contributed by atoms with Crippen molar-refractivity contribution >= 4 is 17.5 Å². The van der Waals surface area contributed by atoms with Gasteiger partial charge in [-0.1, -0.05) is 0 Å². The number of carbonyl (C=O) groups is 1. The molecule has 0 bridgehead atoms. The topological polar surface area (TPSA) is 92.3 Å². The summed E-state index contributed by atoms with van der Waals surface area (Å²) in [6.07, 6.45) is -5.49. The number of hydrogen-bond donors (Lipinski definition) is 2. The molecular formula is C17H16F6N4O2. The molecule has 3 rings (SSSR count). The lowest BCUT2D eigenvalue weighted by molar-refractivity contribution is -0.192. The van der Waals surface area contributed by atoms with Crippen molar-refractivity contribution in [2.75, 3.05) is 18.0 Å². The SMILES string of the molecule is NCC1Cc2nccnc2N(c2ccc(C(F)(F)F)cc2)C1.O=C(O)C(F)(F)F. The van der Waals surface area contributed by atoms with Crippen molar-refractivity contribution in [2.24, 2.45) is 11.7 Å². The maximum absolute atomic E-state index is 12.7. The van der Waals surface area contributed by atoms with E-state index in [4.69, 9.17) is 15.6 Å². The molecule has 29 heavy (non-hydrogen) atoms. The highest BCUT2D eigenvalue weighted by molar-refractivity contribution is 5.73. The van der Waals surface area contributed by atoms with Gasteiger partial charge < -0.3 is 15.7 Å². The zero-order valence-corrected chi connectivity index (χ0v) is 14.7. The number of anilines is 2. The molecule has 2 aromatic rings. The summed E-state index contributed by atoms with van der Waals surface area (Å²) >= 11 is 0. The Hall–Kier alpha value is -2.89. The van der Waals surface area contributed by atoms with Crippen LogP contribution < -0.4 is 10.6 Å². The van der Waals surface area contributed by atoms with Crippen LogP contribution in [0.2, 0.25) is 0 Å². The number of benzene rings is 1. The molecule has 3 N–H and O–H groups in total. The van der Waals surface area contributed by atoms with Crippen LogP contribution in [-0.2, 0) is 17.4 Å². The fourth-order valence-corrected chi connectivity index (χ4v) is 2.63. The van der Waals surface area contributed by atoms with Crippen LogP contribution in [0.3, 0.4) is 0 Å². The van der Waals surface area contributed by atoms with Crippen LogP contribution in [0.4, 0.5) is 37.8 Å². The van der Waals surface area contributed by atoms with E-state index in [1.807, 2.05) is 4.90 Å². The van der Waals surface area contributed by atoms with Gasteiger partial charge in [-0.2, -0.15) is 26.3 Å². The van der Waals surface area contributed by atoms with Gasteiger partial charge in [0.1, 0.15) is 0 Å². The molecule has 1 aromatic heterocycles. The molecule has 1 aliphatic heterocycles. The van der Waals surface area contributed by atoms with Crippen LogP contribution in [0.25, 0.3) is 0 Å². The van der Waals surface area contributed by atoms with Gasteiger partial charge in [0.2, 0.25) is 0 Å². The maximum atomic E-state index is 12.7. The largest absolute Gasteiger partial charge is 0.490 e. The summed E-state index contributed by atoms with van der Waals surface area (Å²) in [5.74, 6) is -1.87. The number of fused-ring (bicyclic) bond motifs is 1. The van der Waals surface area contributed by atoms with Crippen molar-refractivity contribution in [2.45, 2.75) is 18.8 Å². The Kier molecular flexibility index (Phi) is 6.67. The molecule has 1 unspecified atom stereocenters. The fourth-order valence-electron chi connectivity index (χ4n) is 2.63. The van der Waals surface area contributed by atoms with Crippen molar-refractivity contribution < 1.29 is 36.2 Å². The lowest BCUT2D eigenvalue weighted by Gasteiger charge is -2.33. The minimum atomic E-state index is -5.08. The van der Waals surface area contributed by atoms with Gasteiger partial charge in [0.25, 0.3) is 0 Å². The quantitative estimate of drug-likeness (QED) is 0.721. The van der Waals surface area contributed by atoms with Gasteiger partial charge in [-0.05, 0) is 43.1 Å². The first-order valence-corrected chi connectivity index (χ1v) is 8.18. The molecule has 6 nitrogen and oxygen atoms in total. The molecular weight excluding hydrogens is 406 g/mol. The van der Waals surface area contributed by atoms with Gasteiger partial charge in [0.15, 0.2) is 5.82 Å². The second-order valence-electron chi connectivity index (χ2n) is 6.09. The smallest absolute Gasteiger partial charge is 0.475 e. The molecule has 0 spiro atoms. The fraction of sp³-hybridized carbons (Fsp3) is 0.353. The van der Waals surface area contributed by atoms with Crippen molar-refractivity contribution in [1.82, 2.24) is 9.97 Å². The number of carboxylic acid groups (broad SMARTS) is 1. The van der Waals surface area contributed by atoms with Crippen LogP contribution >= 0.6 is 0 Å². The highest BCUT2D eigenvalue weighted by Gasteiger charge is 2.38. The highest BCUT2D eigenvalue weighted by Crippen LogP contribution is 2.35. The molecule has 12 heteroatoms. The molecule has 0 radical (unpaired) electrons. The monoisotopic (exact) mass is 422 g/mol. The van der Waals surface area contributed by atoms with E-state index in [0.717, 1.165) is 24.2 Å². The lowest BCUT2D eigenvalue weighted by Crippen LogP contribution is -2.36. The normalized spacial score (nSPS) is 16.5. The Morgan fingerprint density at radius 3 is 2.14 bits per heavy atom. The van der Waals surface area contributed by atoms with E-state index in [1.54, 1.807) is 12.4 Å². The standard InChI is InChI=1S/C15H15F3N4.C2HF3O2/c16-15(17,18)11-1-3-12(4-2-11)22-9-10(8-19)7-13-14(22)21-6-5-20-13;3-2(4,5)1(6)7/h1-6,10H,7-9,19H2;(H,6,7). The van der Waals surface area contributed by atoms with E-state index in [-0.39, 0.29) is 5.92 Å². The minimum Gasteiger partial charge on any atom is -0.475 e. The molecule has 1 aromatic carbocycles. The molecule has 2 heterocycles. The third-order valence-corrected chi connectivity index (χ3v) is 4.01. The van der Waals surface area contributed by atoms with E-state index in [2.05, 4.69) is 9.97 Å². The zero-order chi connectivity index (χ0) is 21.8. The predicted molar refractivity (Wildman–Crippen MR) is 90.4 cm³/mol. The van der Waals surface area contributed by atoms with Crippen LogP contribution in [0.1, 0.15) is 11.3 Å².